The fourth-order valence-electron chi connectivity index (χ4n) is 4.73. The molecule has 7 heteroatoms. The molecule has 0 saturated heterocycles. The van der Waals surface area contributed by atoms with E-state index in [9.17, 15) is 9.18 Å². The maximum absolute atomic E-state index is 13.7. The Labute approximate surface area is 204 Å². The van der Waals surface area contributed by atoms with E-state index in [1.54, 1.807) is 17.0 Å². The van der Waals surface area contributed by atoms with E-state index in [-0.39, 0.29) is 18.3 Å². The van der Waals surface area contributed by atoms with Crippen LogP contribution in [0.4, 0.5) is 15.9 Å². The number of anilines is 2. The number of imidazole rings is 1. The lowest BCUT2D eigenvalue weighted by Gasteiger charge is -2.42. The molecule has 1 aliphatic heterocycles. The molecule has 0 spiro atoms. The number of rotatable bonds is 5. The van der Waals surface area contributed by atoms with Gasteiger partial charge in [-0.15, -0.1) is 0 Å². The number of nitrogens with one attached hydrogen (secondary N) is 1. The van der Waals surface area contributed by atoms with Crippen LogP contribution in [-0.2, 0) is 16.9 Å². The van der Waals surface area contributed by atoms with Crippen LogP contribution in [0.25, 0.3) is 22.4 Å². The molecule has 35 heavy (non-hydrogen) atoms. The zero-order chi connectivity index (χ0) is 24.6. The van der Waals surface area contributed by atoms with Crippen LogP contribution in [0, 0.1) is 5.82 Å². The Morgan fingerprint density at radius 2 is 1.57 bits per heavy atom. The van der Waals surface area contributed by atoms with Gasteiger partial charge in [-0.1, -0.05) is 42.5 Å². The number of nitrogens with two attached hydrogens (primary N) is 1. The topological polar surface area (TPSA) is 76.2 Å². The molecule has 1 aromatic heterocycles. The first-order valence-corrected chi connectivity index (χ1v) is 11.7. The first-order chi connectivity index (χ1) is 16.9. The Morgan fingerprint density at radius 1 is 0.943 bits per heavy atom. The van der Waals surface area contributed by atoms with Gasteiger partial charge in [-0.2, -0.15) is 0 Å². The van der Waals surface area contributed by atoms with Crippen molar-refractivity contribution in [1.82, 2.24) is 14.5 Å². The minimum atomic E-state index is -0.652. The summed E-state index contributed by atoms with van der Waals surface area (Å²) in [5, 5.41) is 3.55. The highest BCUT2D eigenvalue weighted by Gasteiger charge is 2.41. The molecule has 0 fully saturated rings. The molecule has 0 bridgehead atoms. The van der Waals surface area contributed by atoms with Crippen LogP contribution in [0.3, 0.4) is 0 Å². The summed E-state index contributed by atoms with van der Waals surface area (Å²) in [6.07, 6.45) is 0. The summed E-state index contributed by atoms with van der Waals surface area (Å²) in [4.78, 5) is 19.3. The molecule has 178 valence electrons. The number of fused-ring (bicyclic) bond motifs is 1. The van der Waals surface area contributed by atoms with Crippen LogP contribution in [0.1, 0.15) is 19.7 Å². The second-order valence-corrected chi connectivity index (χ2v) is 9.17. The van der Waals surface area contributed by atoms with Gasteiger partial charge < -0.3 is 20.5 Å². The van der Waals surface area contributed by atoms with Crippen LogP contribution in [0.15, 0.2) is 78.9 Å². The SMILES string of the molecule is CC1(C)c2nc(-c3ccc(F)cc3)c(Nc3ccc(-c4ccccc4)cc3)n2CCN1C(=O)CN. The quantitative estimate of drug-likeness (QED) is 0.425. The van der Waals surface area contributed by atoms with Crippen molar-refractivity contribution in [3.63, 3.8) is 0 Å². The number of aromatic nitrogens is 2. The Morgan fingerprint density at radius 3 is 2.23 bits per heavy atom. The van der Waals surface area contributed by atoms with Gasteiger partial charge >= 0.3 is 0 Å². The summed E-state index contributed by atoms with van der Waals surface area (Å²) in [5.41, 5.74) is 9.72. The van der Waals surface area contributed by atoms with E-state index in [2.05, 4.69) is 34.1 Å². The van der Waals surface area contributed by atoms with Crippen molar-refractivity contribution in [1.29, 1.82) is 0 Å². The third kappa shape index (κ3) is 4.19. The van der Waals surface area contributed by atoms with Crippen LogP contribution >= 0.6 is 0 Å². The van der Waals surface area contributed by atoms with Crippen molar-refractivity contribution in [2.75, 3.05) is 18.4 Å². The number of halogens is 1. The minimum Gasteiger partial charge on any atom is -0.340 e. The normalized spacial score (nSPS) is 14.5. The maximum atomic E-state index is 13.7. The number of carbonyl (C=O) groups is 1. The van der Waals surface area contributed by atoms with Crippen LogP contribution < -0.4 is 11.1 Å². The molecule has 0 aliphatic carbocycles. The second kappa shape index (κ2) is 9.00. The Hall–Kier alpha value is -3.97. The average molecular weight is 470 g/mol. The first-order valence-electron chi connectivity index (χ1n) is 11.7. The van der Waals surface area contributed by atoms with Gasteiger partial charge in [0, 0.05) is 24.3 Å². The lowest BCUT2D eigenvalue weighted by molar-refractivity contribution is -0.137. The minimum absolute atomic E-state index is 0.0478. The Kier molecular flexibility index (Phi) is 5.86. The van der Waals surface area contributed by atoms with Crippen molar-refractivity contribution in [3.8, 4) is 22.4 Å². The Balaban J connectivity index is 1.57. The van der Waals surface area contributed by atoms with Crippen molar-refractivity contribution < 1.29 is 9.18 Å². The third-order valence-electron chi connectivity index (χ3n) is 6.58. The molecule has 1 amide bonds. The summed E-state index contributed by atoms with van der Waals surface area (Å²) in [6.45, 7) is 5.00. The maximum Gasteiger partial charge on any atom is 0.237 e. The summed E-state index contributed by atoms with van der Waals surface area (Å²) in [6, 6.07) is 24.8. The van der Waals surface area contributed by atoms with E-state index in [4.69, 9.17) is 10.7 Å². The first kappa shape index (κ1) is 22.8. The molecule has 0 saturated carbocycles. The number of benzene rings is 3. The number of hydrogen-bond donors (Lipinski definition) is 2. The van der Waals surface area contributed by atoms with Gasteiger partial charge in [0.2, 0.25) is 5.91 Å². The summed E-state index contributed by atoms with van der Waals surface area (Å²) in [7, 11) is 0. The van der Waals surface area contributed by atoms with E-state index in [1.807, 2.05) is 44.2 Å². The van der Waals surface area contributed by atoms with Gasteiger partial charge in [-0.05, 0) is 61.4 Å². The van der Waals surface area contributed by atoms with Crippen molar-refractivity contribution in [2.45, 2.75) is 25.9 Å². The molecule has 6 nitrogen and oxygen atoms in total. The predicted molar refractivity (Wildman–Crippen MR) is 137 cm³/mol. The molecule has 3 N–H and O–H groups in total. The third-order valence-corrected chi connectivity index (χ3v) is 6.58. The zero-order valence-corrected chi connectivity index (χ0v) is 19.8. The number of hydrogen-bond acceptors (Lipinski definition) is 4. The number of amides is 1. The number of carbonyl (C=O) groups excluding carboxylic acids is 1. The summed E-state index contributed by atoms with van der Waals surface area (Å²) < 4.78 is 15.8. The molecule has 5 rings (SSSR count). The average Bonchev–Trinajstić information content (AvgIpc) is 3.24. The highest BCUT2D eigenvalue weighted by Crippen LogP contribution is 2.39. The van der Waals surface area contributed by atoms with Crippen LogP contribution in [0.2, 0.25) is 0 Å². The molecule has 1 aliphatic rings. The van der Waals surface area contributed by atoms with E-state index < -0.39 is 5.54 Å². The molecule has 0 radical (unpaired) electrons. The molecular formula is C28H28FN5O. The summed E-state index contributed by atoms with van der Waals surface area (Å²) >= 11 is 0. The highest BCUT2D eigenvalue weighted by molar-refractivity contribution is 5.81. The molecule has 0 atom stereocenters. The molecule has 4 aromatic rings. The molecular weight excluding hydrogens is 441 g/mol. The van der Waals surface area contributed by atoms with Gasteiger partial charge in [0.1, 0.15) is 23.2 Å². The van der Waals surface area contributed by atoms with Crippen molar-refractivity contribution in [2.24, 2.45) is 5.73 Å². The lowest BCUT2D eigenvalue weighted by Crippen LogP contribution is -2.53. The van der Waals surface area contributed by atoms with Gasteiger partial charge in [-0.3, -0.25) is 4.79 Å². The smallest absolute Gasteiger partial charge is 0.237 e. The lowest BCUT2D eigenvalue weighted by atomic mass is 9.99. The Bertz CT molecular complexity index is 1340. The monoisotopic (exact) mass is 469 g/mol. The molecule has 0 unspecified atom stereocenters. The zero-order valence-electron chi connectivity index (χ0n) is 19.8. The van der Waals surface area contributed by atoms with E-state index in [0.29, 0.717) is 18.8 Å². The second-order valence-electron chi connectivity index (χ2n) is 9.17. The largest absolute Gasteiger partial charge is 0.340 e. The van der Waals surface area contributed by atoms with Gasteiger partial charge in [0.25, 0.3) is 0 Å². The van der Waals surface area contributed by atoms with Crippen molar-refractivity contribution in [3.05, 3.63) is 90.5 Å². The van der Waals surface area contributed by atoms with Gasteiger partial charge in [0.15, 0.2) is 0 Å². The molecule has 3 aromatic carbocycles. The predicted octanol–water partition coefficient (Wildman–Crippen LogP) is 5.14. The van der Waals surface area contributed by atoms with Crippen molar-refractivity contribution >= 4 is 17.4 Å². The summed E-state index contributed by atoms with van der Waals surface area (Å²) in [5.74, 6) is 1.16. The standard InChI is InChI=1S/C28H28FN5O/c1-28(2)27-32-25(21-8-12-22(29)13-9-21)26(33(27)16-17-34(28)24(35)18-30)31-23-14-10-20(11-15-23)19-6-4-3-5-7-19/h3-15,31H,16-18,30H2,1-2H3. The van der Waals surface area contributed by atoms with Crippen LogP contribution in [0.5, 0.6) is 0 Å². The van der Waals surface area contributed by atoms with Crippen LogP contribution in [-0.4, -0.2) is 33.4 Å². The van der Waals surface area contributed by atoms with E-state index in [0.717, 1.165) is 34.0 Å². The fraction of sp³-hybridized carbons (Fsp3) is 0.214. The van der Waals surface area contributed by atoms with E-state index >= 15 is 0 Å². The van der Waals surface area contributed by atoms with Gasteiger partial charge in [-0.25, -0.2) is 9.37 Å². The highest BCUT2D eigenvalue weighted by atomic mass is 19.1. The van der Waals surface area contributed by atoms with Gasteiger partial charge in [0.05, 0.1) is 12.1 Å². The van der Waals surface area contributed by atoms with E-state index in [1.165, 1.54) is 12.1 Å². The fourth-order valence-corrected chi connectivity index (χ4v) is 4.73. The molecule has 2 heterocycles. The number of nitrogens with zero attached hydrogens (tertiary/aromatic N) is 3.